The van der Waals surface area contributed by atoms with E-state index in [2.05, 4.69) is 9.94 Å². The Labute approximate surface area is 114 Å². The number of benzene rings is 1. The van der Waals surface area contributed by atoms with Gasteiger partial charge in [0.05, 0.1) is 11.3 Å². The predicted molar refractivity (Wildman–Crippen MR) is 71.4 cm³/mol. The van der Waals surface area contributed by atoms with Crippen LogP contribution in [0.25, 0.3) is 4.85 Å². The van der Waals surface area contributed by atoms with E-state index in [1.54, 1.807) is 37.3 Å². The van der Waals surface area contributed by atoms with Crippen LogP contribution in [-0.2, 0) is 0 Å². The van der Waals surface area contributed by atoms with E-state index >= 15 is 0 Å². The first-order chi connectivity index (χ1) is 9.54. The smallest absolute Gasteiger partial charge is 0.345 e. The van der Waals surface area contributed by atoms with Crippen molar-refractivity contribution in [3.63, 3.8) is 0 Å². The molecule has 0 aliphatic rings. The van der Waals surface area contributed by atoms with Gasteiger partial charge >= 0.3 is 12.1 Å². The first kappa shape index (κ1) is 13.5. The van der Waals surface area contributed by atoms with Crippen molar-refractivity contribution >= 4 is 5.97 Å². The minimum absolute atomic E-state index is 0.367. The van der Waals surface area contributed by atoms with Gasteiger partial charge in [-0.3, -0.25) is 9.64 Å². The van der Waals surface area contributed by atoms with Crippen LogP contribution in [0.5, 0.6) is 0 Å². The van der Waals surface area contributed by atoms with Crippen molar-refractivity contribution in [2.24, 2.45) is 0 Å². The Balaban J connectivity index is 2.66. The van der Waals surface area contributed by atoms with E-state index in [-0.39, 0.29) is 5.56 Å². The molecule has 0 saturated heterocycles. The predicted octanol–water partition coefficient (Wildman–Crippen LogP) is 1.72. The number of carboxylic acids is 1. The van der Waals surface area contributed by atoms with Crippen LogP contribution in [0.15, 0.2) is 41.2 Å². The summed E-state index contributed by atoms with van der Waals surface area (Å²) >= 11 is 0. The topological polar surface area (TPSA) is 76.6 Å². The van der Waals surface area contributed by atoms with Gasteiger partial charge in [0, 0.05) is 0 Å². The zero-order valence-electron chi connectivity index (χ0n) is 10.6. The van der Waals surface area contributed by atoms with Crippen molar-refractivity contribution in [1.29, 1.82) is 0 Å². The Morgan fingerprint density at radius 3 is 2.60 bits per heavy atom. The molecule has 0 unspecified atom stereocenters. The largest absolute Gasteiger partial charge is 0.477 e. The number of carboxylic acid groups (broad SMARTS) is 1. The standard InChI is InChI=1S/C14H11N3O3/c1-9-8-11(14(19)20)13(18)17(16-9)12(15-2)10-6-4-3-5-7-10/h3-8,12H,1H3,(H,19,20)/t12-/m1/s1. The molecule has 0 radical (unpaired) electrons. The number of hydrogen-bond donors (Lipinski definition) is 1. The van der Waals surface area contributed by atoms with Crippen LogP contribution in [0.4, 0.5) is 0 Å². The lowest BCUT2D eigenvalue weighted by atomic mass is 10.1. The minimum Gasteiger partial charge on any atom is -0.477 e. The Kier molecular flexibility index (Phi) is 3.62. The summed E-state index contributed by atoms with van der Waals surface area (Å²) in [5.74, 6) is -1.33. The van der Waals surface area contributed by atoms with E-state index in [0.717, 1.165) is 4.68 Å². The van der Waals surface area contributed by atoms with Crippen molar-refractivity contribution < 1.29 is 9.90 Å². The molecule has 1 aromatic carbocycles. The highest BCUT2D eigenvalue weighted by atomic mass is 16.4. The maximum absolute atomic E-state index is 12.1. The van der Waals surface area contributed by atoms with Crippen LogP contribution in [0, 0.1) is 13.5 Å². The second-order valence-electron chi connectivity index (χ2n) is 4.17. The first-order valence-electron chi connectivity index (χ1n) is 5.80. The van der Waals surface area contributed by atoms with Gasteiger partial charge in [-0.1, -0.05) is 18.2 Å². The van der Waals surface area contributed by atoms with Crippen molar-refractivity contribution in [2.75, 3.05) is 0 Å². The molecule has 1 atom stereocenters. The Morgan fingerprint density at radius 2 is 2.05 bits per heavy atom. The highest BCUT2D eigenvalue weighted by Gasteiger charge is 2.24. The zero-order valence-corrected chi connectivity index (χ0v) is 10.6. The summed E-state index contributed by atoms with van der Waals surface area (Å²) in [7, 11) is 0. The lowest BCUT2D eigenvalue weighted by Gasteiger charge is -2.09. The highest BCUT2D eigenvalue weighted by molar-refractivity contribution is 5.87. The average Bonchev–Trinajstić information content (AvgIpc) is 2.44. The molecule has 0 bridgehead atoms. The minimum atomic E-state index is -1.33. The molecule has 6 heteroatoms. The third kappa shape index (κ3) is 2.42. The van der Waals surface area contributed by atoms with Gasteiger partial charge in [0.15, 0.2) is 0 Å². The Hall–Kier alpha value is -2.94. The van der Waals surface area contributed by atoms with E-state index in [1.165, 1.54) is 6.07 Å². The molecule has 0 amide bonds. The number of hydrogen-bond acceptors (Lipinski definition) is 3. The number of nitrogens with zero attached hydrogens (tertiary/aromatic N) is 3. The first-order valence-corrected chi connectivity index (χ1v) is 5.80. The number of rotatable bonds is 3. The quantitative estimate of drug-likeness (QED) is 0.861. The fourth-order valence-corrected chi connectivity index (χ4v) is 1.85. The van der Waals surface area contributed by atoms with E-state index in [1.807, 2.05) is 0 Å². The number of aromatic nitrogens is 2. The molecule has 0 saturated carbocycles. The maximum atomic E-state index is 12.1. The van der Waals surface area contributed by atoms with E-state index in [0.29, 0.717) is 11.3 Å². The molecule has 0 fully saturated rings. The average molecular weight is 269 g/mol. The monoisotopic (exact) mass is 269 g/mol. The second kappa shape index (κ2) is 5.36. The van der Waals surface area contributed by atoms with Gasteiger partial charge in [-0.15, -0.1) is 4.68 Å². The van der Waals surface area contributed by atoms with Crippen LogP contribution in [0.2, 0.25) is 0 Å². The van der Waals surface area contributed by atoms with E-state index in [4.69, 9.17) is 11.7 Å². The molecule has 2 aromatic rings. The maximum Gasteiger partial charge on any atom is 0.345 e. The Morgan fingerprint density at radius 1 is 1.40 bits per heavy atom. The molecule has 100 valence electrons. The SMILES string of the molecule is [C-]#[N+][C@@H](c1ccccc1)n1nc(C)cc(C(=O)O)c1=O. The number of aryl methyl sites for hydroxylation is 1. The van der Waals surface area contributed by atoms with Crippen LogP contribution < -0.4 is 5.56 Å². The lowest BCUT2D eigenvalue weighted by Crippen LogP contribution is -2.31. The second-order valence-corrected chi connectivity index (χ2v) is 4.17. The van der Waals surface area contributed by atoms with Gasteiger partial charge in [-0.2, -0.15) is 5.10 Å². The zero-order chi connectivity index (χ0) is 14.7. The number of aromatic carboxylic acids is 1. The molecule has 1 N–H and O–H groups in total. The molecule has 0 aliphatic heterocycles. The van der Waals surface area contributed by atoms with E-state index in [9.17, 15) is 9.59 Å². The summed E-state index contributed by atoms with van der Waals surface area (Å²) in [6.45, 7) is 8.84. The van der Waals surface area contributed by atoms with Crippen LogP contribution in [-0.4, -0.2) is 20.9 Å². The van der Waals surface area contributed by atoms with Gasteiger partial charge in [-0.05, 0) is 25.1 Å². The van der Waals surface area contributed by atoms with Crippen LogP contribution in [0.1, 0.15) is 27.8 Å². The fourth-order valence-electron chi connectivity index (χ4n) is 1.85. The molecule has 20 heavy (non-hydrogen) atoms. The van der Waals surface area contributed by atoms with Gasteiger partial charge < -0.3 is 5.11 Å². The van der Waals surface area contributed by atoms with Crippen LogP contribution in [0.3, 0.4) is 0 Å². The summed E-state index contributed by atoms with van der Waals surface area (Å²) in [4.78, 5) is 26.6. The highest BCUT2D eigenvalue weighted by Crippen LogP contribution is 2.17. The molecule has 6 nitrogen and oxygen atoms in total. The molecule has 0 spiro atoms. The molecular weight excluding hydrogens is 258 g/mol. The molecule has 1 heterocycles. The van der Waals surface area contributed by atoms with Crippen molar-refractivity contribution in [3.05, 3.63) is 75.0 Å². The lowest BCUT2D eigenvalue weighted by molar-refractivity contribution is 0.0693. The van der Waals surface area contributed by atoms with Crippen LogP contribution >= 0.6 is 0 Å². The van der Waals surface area contributed by atoms with Crippen molar-refractivity contribution in [3.8, 4) is 0 Å². The summed E-state index contributed by atoms with van der Waals surface area (Å²) in [5, 5.41) is 13.0. The fraction of sp³-hybridized carbons (Fsp3) is 0.143. The van der Waals surface area contributed by atoms with Crippen molar-refractivity contribution in [2.45, 2.75) is 13.1 Å². The van der Waals surface area contributed by atoms with Gasteiger partial charge in [-0.25, -0.2) is 11.4 Å². The Bertz CT molecular complexity index is 744. The van der Waals surface area contributed by atoms with E-state index < -0.39 is 17.7 Å². The molecular formula is C14H11N3O3. The molecule has 2 rings (SSSR count). The summed E-state index contributed by atoms with van der Waals surface area (Å²) < 4.78 is 0.918. The van der Waals surface area contributed by atoms with Gasteiger partial charge in [0.25, 0.3) is 5.56 Å². The molecule has 1 aromatic heterocycles. The normalized spacial score (nSPS) is 11.6. The molecule has 0 aliphatic carbocycles. The van der Waals surface area contributed by atoms with Gasteiger partial charge in [0.2, 0.25) is 0 Å². The summed E-state index contributed by atoms with van der Waals surface area (Å²) in [6.07, 6.45) is -0.971. The third-order valence-electron chi connectivity index (χ3n) is 2.74. The number of carbonyl (C=O) groups is 1. The van der Waals surface area contributed by atoms with Gasteiger partial charge in [0.1, 0.15) is 5.56 Å². The summed E-state index contributed by atoms with van der Waals surface area (Å²) in [5.41, 5.74) is -0.222. The third-order valence-corrected chi connectivity index (χ3v) is 2.74. The van der Waals surface area contributed by atoms with Crippen molar-refractivity contribution in [1.82, 2.24) is 9.78 Å². The summed E-state index contributed by atoms with van der Waals surface area (Å²) in [6, 6.07) is 9.87.